The Morgan fingerprint density at radius 2 is 1.93 bits per heavy atom. The molecule has 1 aliphatic carbocycles. The molecule has 1 saturated carbocycles. The van der Waals surface area contributed by atoms with Gasteiger partial charge in [-0.05, 0) is 37.5 Å². The molecule has 8 heteroatoms. The second-order valence-electron chi connectivity index (χ2n) is 6.63. The molecule has 1 fully saturated rings. The van der Waals surface area contributed by atoms with E-state index >= 15 is 0 Å². The summed E-state index contributed by atoms with van der Waals surface area (Å²) in [5, 5.41) is 13.8. The third-order valence-electron chi connectivity index (χ3n) is 4.59. The van der Waals surface area contributed by atoms with Crippen LogP contribution in [0.4, 0.5) is 21.8 Å². The number of methoxy groups -OCH3 is 1. The molecule has 1 aromatic carbocycles. The molecule has 0 amide bonds. The zero-order chi connectivity index (χ0) is 18.8. The van der Waals surface area contributed by atoms with Crippen LogP contribution in [0.5, 0.6) is 5.75 Å². The summed E-state index contributed by atoms with van der Waals surface area (Å²) in [5.41, 5.74) is 2.07. The van der Waals surface area contributed by atoms with Crippen molar-refractivity contribution in [2.45, 2.75) is 31.7 Å². The van der Waals surface area contributed by atoms with E-state index in [9.17, 15) is 4.39 Å². The molecule has 0 bridgehead atoms. The molecule has 3 N–H and O–H groups in total. The highest BCUT2D eigenvalue weighted by atomic mass is 19.1. The minimum absolute atomic E-state index is 0.0888. The predicted molar refractivity (Wildman–Crippen MR) is 101 cm³/mol. The summed E-state index contributed by atoms with van der Waals surface area (Å²) in [6.45, 7) is 1.97. The lowest BCUT2D eigenvalue weighted by Crippen LogP contribution is -2.10. The second kappa shape index (κ2) is 7.22. The fourth-order valence-corrected chi connectivity index (χ4v) is 2.92. The summed E-state index contributed by atoms with van der Waals surface area (Å²) in [5.74, 6) is 2.57. The number of H-pyrrole nitrogens is 1. The first-order valence-corrected chi connectivity index (χ1v) is 8.87. The van der Waals surface area contributed by atoms with Crippen LogP contribution in [0.2, 0.25) is 0 Å². The number of nitrogens with zero attached hydrogens (tertiary/aromatic N) is 3. The molecular formula is C19H21FN6O. The van der Waals surface area contributed by atoms with Crippen LogP contribution in [0.1, 0.15) is 43.0 Å². The van der Waals surface area contributed by atoms with Crippen LogP contribution in [0.25, 0.3) is 0 Å². The van der Waals surface area contributed by atoms with Gasteiger partial charge in [0, 0.05) is 17.7 Å². The number of aromatic amines is 1. The van der Waals surface area contributed by atoms with Gasteiger partial charge in [-0.25, -0.2) is 14.4 Å². The van der Waals surface area contributed by atoms with E-state index in [-0.39, 0.29) is 11.9 Å². The van der Waals surface area contributed by atoms with E-state index in [0.29, 0.717) is 29.1 Å². The van der Waals surface area contributed by atoms with Crippen LogP contribution in [0.3, 0.4) is 0 Å². The highest BCUT2D eigenvalue weighted by Gasteiger charge is 2.26. The van der Waals surface area contributed by atoms with Gasteiger partial charge in [-0.3, -0.25) is 5.10 Å². The van der Waals surface area contributed by atoms with Gasteiger partial charge in [0.2, 0.25) is 5.75 Å². The molecule has 1 aliphatic rings. The van der Waals surface area contributed by atoms with Crippen molar-refractivity contribution in [1.29, 1.82) is 0 Å². The SMILES string of the molecule is COc1c(Nc2cc(C3CC3)[nH]n2)ncnc1N[C@@H](C)c1ccc(F)cc1. The topological polar surface area (TPSA) is 87.8 Å². The van der Waals surface area contributed by atoms with E-state index in [0.717, 1.165) is 11.3 Å². The summed E-state index contributed by atoms with van der Waals surface area (Å²) in [4.78, 5) is 8.56. The summed E-state index contributed by atoms with van der Waals surface area (Å²) in [6, 6.07) is 8.26. The Morgan fingerprint density at radius 3 is 2.63 bits per heavy atom. The zero-order valence-corrected chi connectivity index (χ0v) is 15.2. The van der Waals surface area contributed by atoms with E-state index in [1.807, 2.05) is 13.0 Å². The lowest BCUT2D eigenvalue weighted by atomic mass is 10.1. The van der Waals surface area contributed by atoms with Crippen molar-refractivity contribution in [1.82, 2.24) is 20.2 Å². The van der Waals surface area contributed by atoms with Crippen LogP contribution >= 0.6 is 0 Å². The van der Waals surface area contributed by atoms with Gasteiger partial charge in [0.1, 0.15) is 12.1 Å². The van der Waals surface area contributed by atoms with E-state index in [4.69, 9.17) is 4.74 Å². The normalized spacial score (nSPS) is 14.6. The van der Waals surface area contributed by atoms with Crippen molar-refractivity contribution in [3.8, 4) is 5.75 Å². The molecule has 0 unspecified atom stereocenters. The molecule has 140 valence electrons. The van der Waals surface area contributed by atoms with Gasteiger partial charge in [0.15, 0.2) is 17.5 Å². The third kappa shape index (κ3) is 3.84. The highest BCUT2D eigenvalue weighted by Crippen LogP contribution is 2.40. The fraction of sp³-hybridized carbons (Fsp3) is 0.316. The number of anilines is 3. The maximum atomic E-state index is 13.1. The average Bonchev–Trinajstić information content (AvgIpc) is 3.42. The maximum absolute atomic E-state index is 13.1. The van der Waals surface area contributed by atoms with Crippen LogP contribution in [0.15, 0.2) is 36.7 Å². The molecule has 1 atom stereocenters. The minimum atomic E-state index is -0.262. The number of ether oxygens (including phenoxy) is 1. The Bertz CT molecular complexity index is 922. The molecule has 4 rings (SSSR count). The Morgan fingerprint density at radius 1 is 1.19 bits per heavy atom. The molecule has 0 radical (unpaired) electrons. The fourth-order valence-electron chi connectivity index (χ4n) is 2.92. The smallest absolute Gasteiger partial charge is 0.204 e. The van der Waals surface area contributed by atoms with E-state index in [1.165, 1.54) is 31.3 Å². The molecule has 0 spiro atoms. The first-order chi connectivity index (χ1) is 13.1. The van der Waals surface area contributed by atoms with Crippen molar-refractivity contribution in [3.63, 3.8) is 0 Å². The van der Waals surface area contributed by atoms with E-state index in [1.54, 1.807) is 19.2 Å². The molecule has 2 heterocycles. The van der Waals surface area contributed by atoms with Gasteiger partial charge in [0.05, 0.1) is 13.2 Å². The summed E-state index contributed by atoms with van der Waals surface area (Å²) in [6.07, 6.45) is 3.86. The van der Waals surface area contributed by atoms with Crippen LogP contribution in [-0.4, -0.2) is 27.3 Å². The van der Waals surface area contributed by atoms with Crippen molar-refractivity contribution < 1.29 is 9.13 Å². The lowest BCUT2D eigenvalue weighted by molar-refractivity contribution is 0.414. The van der Waals surface area contributed by atoms with E-state index in [2.05, 4.69) is 30.8 Å². The molecule has 0 saturated heterocycles. The highest BCUT2D eigenvalue weighted by molar-refractivity contribution is 5.68. The maximum Gasteiger partial charge on any atom is 0.204 e. The van der Waals surface area contributed by atoms with E-state index < -0.39 is 0 Å². The molecular weight excluding hydrogens is 347 g/mol. The molecule has 7 nitrogen and oxygen atoms in total. The number of halogens is 1. The molecule has 2 aromatic heterocycles. The second-order valence-corrected chi connectivity index (χ2v) is 6.63. The van der Waals surface area contributed by atoms with Gasteiger partial charge >= 0.3 is 0 Å². The van der Waals surface area contributed by atoms with Gasteiger partial charge in [0.25, 0.3) is 0 Å². The van der Waals surface area contributed by atoms with Crippen LogP contribution in [0, 0.1) is 5.82 Å². The monoisotopic (exact) mass is 368 g/mol. The number of nitrogens with one attached hydrogen (secondary N) is 3. The molecule has 3 aromatic rings. The Hall–Kier alpha value is -3.16. The van der Waals surface area contributed by atoms with Crippen molar-refractivity contribution in [2.24, 2.45) is 0 Å². The summed E-state index contributed by atoms with van der Waals surface area (Å²) < 4.78 is 18.7. The van der Waals surface area contributed by atoms with Gasteiger partial charge in [-0.15, -0.1) is 0 Å². The van der Waals surface area contributed by atoms with Gasteiger partial charge in [-0.2, -0.15) is 5.10 Å². The lowest BCUT2D eigenvalue weighted by Gasteiger charge is -2.18. The minimum Gasteiger partial charge on any atom is -0.490 e. The molecule has 27 heavy (non-hydrogen) atoms. The first kappa shape index (κ1) is 17.3. The van der Waals surface area contributed by atoms with Crippen molar-refractivity contribution >= 4 is 17.5 Å². The average molecular weight is 368 g/mol. The Kier molecular flexibility index (Phi) is 4.62. The van der Waals surface area contributed by atoms with Gasteiger partial charge < -0.3 is 15.4 Å². The molecule has 0 aliphatic heterocycles. The Balaban J connectivity index is 1.54. The quantitative estimate of drug-likeness (QED) is 0.581. The number of rotatable bonds is 7. The number of aromatic nitrogens is 4. The largest absolute Gasteiger partial charge is 0.490 e. The first-order valence-electron chi connectivity index (χ1n) is 8.87. The van der Waals surface area contributed by atoms with Crippen LogP contribution < -0.4 is 15.4 Å². The zero-order valence-electron chi connectivity index (χ0n) is 15.2. The van der Waals surface area contributed by atoms with Crippen LogP contribution in [-0.2, 0) is 0 Å². The number of benzene rings is 1. The standard InChI is InChI=1S/C19H21FN6O/c1-11(12-5-7-14(20)8-6-12)23-18-17(27-2)19(22-10-21-18)24-16-9-15(25-26-16)13-3-4-13/h5-11,13H,3-4H2,1-2H3,(H3,21,22,23,24,25,26)/t11-/m0/s1. The van der Waals surface area contributed by atoms with Crippen molar-refractivity contribution in [3.05, 3.63) is 53.7 Å². The van der Waals surface area contributed by atoms with Gasteiger partial charge in [-0.1, -0.05) is 12.1 Å². The number of hydrogen-bond donors (Lipinski definition) is 3. The third-order valence-corrected chi connectivity index (χ3v) is 4.59. The number of hydrogen-bond acceptors (Lipinski definition) is 6. The predicted octanol–water partition coefficient (Wildman–Crippen LogP) is 4.14. The summed E-state index contributed by atoms with van der Waals surface area (Å²) >= 11 is 0. The van der Waals surface area contributed by atoms with Crippen molar-refractivity contribution in [2.75, 3.05) is 17.7 Å². The summed E-state index contributed by atoms with van der Waals surface area (Å²) in [7, 11) is 1.57. The Labute approximate surface area is 156 Å².